The third-order valence-corrected chi connectivity index (χ3v) is 4.78. The van der Waals surface area contributed by atoms with Gasteiger partial charge in [0.1, 0.15) is 0 Å². The van der Waals surface area contributed by atoms with E-state index in [-0.39, 0.29) is 5.54 Å². The van der Waals surface area contributed by atoms with Crippen LogP contribution in [0.4, 0.5) is 0 Å². The molecule has 1 aromatic heterocycles. The third kappa shape index (κ3) is 3.36. The third-order valence-electron chi connectivity index (χ3n) is 4.78. The minimum Gasteiger partial charge on any atom is -0.386 e. The first kappa shape index (κ1) is 15.9. The first-order chi connectivity index (χ1) is 11.2. The fourth-order valence-electron chi connectivity index (χ4n) is 3.48. The van der Waals surface area contributed by atoms with Crippen LogP contribution in [0.1, 0.15) is 37.4 Å². The Balaban J connectivity index is 1.84. The molecule has 1 aliphatic rings. The maximum Gasteiger partial charge on any atom is 0.0974 e. The highest BCUT2D eigenvalue weighted by molar-refractivity contribution is 5.62. The number of aliphatic hydroxyl groups is 1. The molecule has 1 saturated heterocycles. The molecule has 0 amide bonds. The van der Waals surface area contributed by atoms with Gasteiger partial charge in [-0.2, -0.15) is 0 Å². The van der Waals surface area contributed by atoms with E-state index >= 15 is 0 Å². The molecule has 0 radical (unpaired) electrons. The first-order valence-electron chi connectivity index (χ1n) is 8.29. The first-order valence-corrected chi connectivity index (χ1v) is 8.29. The summed E-state index contributed by atoms with van der Waals surface area (Å²) in [6.07, 6.45) is 9.08. The Hall–Kier alpha value is -1.97. The van der Waals surface area contributed by atoms with Crippen LogP contribution < -0.4 is 5.32 Å². The Morgan fingerprint density at radius 2 is 2.04 bits per heavy atom. The molecule has 1 aliphatic heterocycles. The van der Waals surface area contributed by atoms with Gasteiger partial charge >= 0.3 is 0 Å². The topological polar surface area (TPSA) is 45.2 Å². The van der Waals surface area contributed by atoms with Crippen molar-refractivity contribution in [1.82, 2.24) is 10.3 Å². The molecule has 120 valence electrons. The summed E-state index contributed by atoms with van der Waals surface area (Å²) in [5.41, 5.74) is 2.87. The van der Waals surface area contributed by atoms with Gasteiger partial charge in [0.05, 0.1) is 11.6 Å². The lowest BCUT2D eigenvalue weighted by atomic mass is 9.78. The zero-order valence-electron chi connectivity index (χ0n) is 13.4. The van der Waals surface area contributed by atoms with Gasteiger partial charge in [-0.05, 0) is 48.6 Å². The fraction of sp³-hybridized carbons (Fsp3) is 0.350. The molecule has 2 heterocycles. The van der Waals surface area contributed by atoms with Crippen molar-refractivity contribution in [2.45, 2.75) is 37.3 Å². The molecule has 1 aromatic carbocycles. The van der Waals surface area contributed by atoms with Gasteiger partial charge in [-0.1, -0.05) is 42.8 Å². The summed E-state index contributed by atoms with van der Waals surface area (Å²) in [7, 11) is 0. The number of pyridine rings is 1. The second kappa shape index (κ2) is 7.07. The van der Waals surface area contributed by atoms with Gasteiger partial charge in [0.25, 0.3) is 0 Å². The molecule has 0 spiro atoms. The van der Waals surface area contributed by atoms with Crippen LogP contribution in [-0.4, -0.2) is 22.2 Å². The van der Waals surface area contributed by atoms with Crippen LogP contribution in [0.3, 0.4) is 0 Å². The van der Waals surface area contributed by atoms with Crippen LogP contribution in [0.2, 0.25) is 0 Å². The zero-order valence-corrected chi connectivity index (χ0v) is 13.4. The Morgan fingerprint density at radius 1 is 1.22 bits per heavy atom. The van der Waals surface area contributed by atoms with Crippen molar-refractivity contribution >= 4 is 0 Å². The Bertz CT molecular complexity index is 630. The summed E-state index contributed by atoms with van der Waals surface area (Å²) in [4.78, 5) is 4.16. The van der Waals surface area contributed by atoms with Crippen LogP contribution in [0, 0.1) is 0 Å². The van der Waals surface area contributed by atoms with Gasteiger partial charge < -0.3 is 10.4 Å². The number of rotatable bonds is 5. The molecule has 23 heavy (non-hydrogen) atoms. The van der Waals surface area contributed by atoms with Gasteiger partial charge in [-0.15, -0.1) is 6.58 Å². The van der Waals surface area contributed by atoms with E-state index in [2.05, 4.69) is 29.0 Å². The van der Waals surface area contributed by atoms with Gasteiger partial charge in [0, 0.05) is 12.4 Å². The molecule has 3 rings (SSSR count). The van der Waals surface area contributed by atoms with Crippen molar-refractivity contribution in [3.05, 3.63) is 67.0 Å². The molecule has 3 heteroatoms. The molecule has 1 fully saturated rings. The number of nitrogens with one attached hydrogen (secondary N) is 1. The predicted molar refractivity (Wildman–Crippen MR) is 94.0 cm³/mol. The van der Waals surface area contributed by atoms with Crippen molar-refractivity contribution in [2.24, 2.45) is 0 Å². The predicted octanol–water partition coefficient (Wildman–Crippen LogP) is 3.87. The van der Waals surface area contributed by atoms with E-state index in [0.717, 1.165) is 42.5 Å². The van der Waals surface area contributed by atoms with Crippen LogP contribution in [0.15, 0.2) is 61.4 Å². The molecule has 2 aromatic rings. The molecule has 0 unspecified atom stereocenters. The van der Waals surface area contributed by atoms with Crippen LogP contribution in [0.5, 0.6) is 0 Å². The monoisotopic (exact) mass is 308 g/mol. The molecule has 2 N–H and O–H groups in total. The van der Waals surface area contributed by atoms with E-state index in [0.29, 0.717) is 0 Å². The van der Waals surface area contributed by atoms with Crippen molar-refractivity contribution in [3.63, 3.8) is 0 Å². The summed E-state index contributed by atoms with van der Waals surface area (Å²) < 4.78 is 0. The molecular formula is C20H24N2O. The van der Waals surface area contributed by atoms with E-state index in [9.17, 15) is 5.11 Å². The number of piperidine rings is 1. The second-order valence-corrected chi connectivity index (χ2v) is 6.30. The number of benzene rings is 1. The van der Waals surface area contributed by atoms with E-state index in [1.165, 1.54) is 6.42 Å². The van der Waals surface area contributed by atoms with Gasteiger partial charge in [-0.25, -0.2) is 0 Å². The van der Waals surface area contributed by atoms with Crippen molar-refractivity contribution in [2.75, 3.05) is 6.54 Å². The molecule has 0 bridgehead atoms. The quantitative estimate of drug-likeness (QED) is 0.824. The molecule has 3 nitrogen and oxygen atoms in total. The minimum absolute atomic E-state index is 0.282. The van der Waals surface area contributed by atoms with Gasteiger partial charge in [0.2, 0.25) is 0 Å². The maximum absolute atomic E-state index is 11.0. The highest BCUT2D eigenvalue weighted by atomic mass is 16.3. The number of hydrogen-bond donors (Lipinski definition) is 2. The lowest BCUT2D eigenvalue weighted by Crippen LogP contribution is -2.52. The molecule has 0 aliphatic carbocycles. The van der Waals surface area contributed by atoms with Crippen LogP contribution in [-0.2, 0) is 0 Å². The summed E-state index contributed by atoms with van der Waals surface area (Å²) in [5.74, 6) is 0. The number of aromatic nitrogens is 1. The highest BCUT2D eigenvalue weighted by Crippen LogP contribution is 2.36. The fourth-order valence-corrected chi connectivity index (χ4v) is 3.48. The maximum atomic E-state index is 11.0. The summed E-state index contributed by atoms with van der Waals surface area (Å²) in [6, 6.07) is 12.1. The van der Waals surface area contributed by atoms with E-state index in [1.54, 1.807) is 6.20 Å². The Kier molecular flexibility index (Phi) is 4.89. The largest absolute Gasteiger partial charge is 0.386 e. The zero-order chi connectivity index (χ0) is 16.1. The van der Waals surface area contributed by atoms with Crippen LogP contribution >= 0.6 is 0 Å². The van der Waals surface area contributed by atoms with Crippen molar-refractivity contribution < 1.29 is 5.11 Å². The smallest absolute Gasteiger partial charge is 0.0974 e. The highest BCUT2D eigenvalue weighted by Gasteiger charge is 2.38. The van der Waals surface area contributed by atoms with Crippen molar-refractivity contribution in [1.29, 1.82) is 0 Å². The van der Waals surface area contributed by atoms with E-state index in [1.807, 2.05) is 36.5 Å². The average molecular weight is 308 g/mol. The Labute approximate surface area is 138 Å². The second-order valence-electron chi connectivity index (χ2n) is 6.30. The lowest BCUT2D eigenvalue weighted by Gasteiger charge is -2.42. The standard InChI is InChI=1S/C20H24N2O/c1-2-11-20(12-3-4-14-22-20)19(23)17-9-7-16(8-10-17)18-6-5-13-21-15-18/h2,5-10,13,15,19,22-23H,1,3-4,11-12,14H2/t19-,20+/m0/s1. The minimum atomic E-state index is -0.524. The average Bonchev–Trinajstić information content (AvgIpc) is 2.63. The summed E-state index contributed by atoms with van der Waals surface area (Å²) in [5, 5.41) is 14.5. The SMILES string of the molecule is C=CC[C@]1([C@@H](O)c2ccc(-c3cccnc3)cc2)CCCCN1. The Morgan fingerprint density at radius 3 is 2.65 bits per heavy atom. The van der Waals surface area contributed by atoms with E-state index in [4.69, 9.17) is 0 Å². The van der Waals surface area contributed by atoms with Crippen molar-refractivity contribution in [3.8, 4) is 11.1 Å². The summed E-state index contributed by atoms with van der Waals surface area (Å²) in [6.45, 7) is 4.83. The number of aliphatic hydroxyl groups excluding tert-OH is 1. The number of nitrogens with zero attached hydrogens (tertiary/aromatic N) is 1. The lowest BCUT2D eigenvalue weighted by molar-refractivity contribution is 0.0411. The van der Waals surface area contributed by atoms with Gasteiger partial charge in [0.15, 0.2) is 0 Å². The van der Waals surface area contributed by atoms with Crippen LogP contribution in [0.25, 0.3) is 11.1 Å². The van der Waals surface area contributed by atoms with E-state index < -0.39 is 6.10 Å². The number of hydrogen-bond acceptors (Lipinski definition) is 3. The molecule has 2 atom stereocenters. The summed E-state index contributed by atoms with van der Waals surface area (Å²) >= 11 is 0. The normalized spacial score (nSPS) is 22.5. The molecule has 0 saturated carbocycles. The van der Waals surface area contributed by atoms with Gasteiger partial charge in [-0.3, -0.25) is 4.98 Å². The molecular weight excluding hydrogens is 284 g/mol.